The molecule has 0 atom stereocenters. The van der Waals surface area contributed by atoms with Crippen molar-refractivity contribution in [2.75, 3.05) is 5.73 Å². The second-order valence-corrected chi connectivity index (χ2v) is 4.72. The quantitative estimate of drug-likeness (QED) is 0.709. The summed E-state index contributed by atoms with van der Waals surface area (Å²) < 4.78 is 13.6. The predicted octanol–water partition coefficient (Wildman–Crippen LogP) is 3.68. The van der Waals surface area contributed by atoms with E-state index in [1.54, 1.807) is 0 Å². The van der Waals surface area contributed by atoms with Crippen molar-refractivity contribution in [1.29, 1.82) is 0 Å². The third-order valence-corrected chi connectivity index (χ3v) is 3.30. The zero-order valence-electron chi connectivity index (χ0n) is 8.85. The van der Waals surface area contributed by atoms with Gasteiger partial charge in [0.15, 0.2) is 5.13 Å². The van der Waals surface area contributed by atoms with Crippen LogP contribution < -0.4 is 5.73 Å². The molecule has 0 saturated heterocycles. The summed E-state index contributed by atoms with van der Waals surface area (Å²) in [6, 6.07) is 13.7. The standard InChI is InChI=1S/C13H9FN2S/c14-12-11(16-13(15)17-12)10-6-5-8-3-1-2-4-9(8)7-10/h1-7H,(H2,15,16). The topological polar surface area (TPSA) is 38.9 Å². The molecule has 2 N–H and O–H groups in total. The molecule has 0 aliphatic carbocycles. The predicted molar refractivity (Wildman–Crippen MR) is 69.4 cm³/mol. The number of halogens is 1. The van der Waals surface area contributed by atoms with Crippen molar-refractivity contribution in [3.8, 4) is 11.3 Å². The number of nitrogens with two attached hydrogens (primary N) is 1. The smallest absolute Gasteiger partial charge is 0.206 e. The van der Waals surface area contributed by atoms with Gasteiger partial charge in [-0.2, -0.15) is 4.39 Å². The highest BCUT2D eigenvalue weighted by Crippen LogP contribution is 2.29. The fourth-order valence-electron chi connectivity index (χ4n) is 1.83. The normalized spacial score (nSPS) is 10.9. The van der Waals surface area contributed by atoms with E-state index < -0.39 is 0 Å². The average molecular weight is 244 g/mol. The molecule has 2 aromatic carbocycles. The molecule has 3 rings (SSSR count). The highest BCUT2D eigenvalue weighted by molar-refractivity contribution is 7.14. The molecule has 0 amide bonds. The van der Waals surface area contributed by atoms with Crippen LogP contribution in [0.25, 0.3) is 22.0 Å². The molecule has 84 valence electrons. The van der Waals surface area contributed by atoms with E-state index in [-0.39, 0.29) is 10.3 Å². The van der Waals surface area contributed by atoms with Gasteiger partial charge in [0.2, 0.25) is 5.13 Å². The summed E-state index contributed by atoms with van der Waals surface area (Å²) in [5.41, 5.74) is 6.59. The first-order chi connectivity index (χ1) is 8.24. The molecular formula is C13H9FN2S. The summed E-state index contributed by atoms with van der Waals surface area (Å²) in [5, 5.41) is 2.11. The Labute approximate surface area is 102 Å². The first-order valence-electron chi connectivity index (χ1n) is 5.15. The van der Waals surface area contributed by atoms with Crippen molar-refractivity contribution >= 4 is 27.2 Å². The highest BCUT2D eigenvalue weighted by Gasteiger charge is 2.11. The Bertz CT molecular complexity index is 691. The third-order valence-electron chi connectivity index (χ3n) is 2.63. The summed E-state index contributed by atoms with van der Waals surface area (Å²) >= 11 is 0.869. The second kappa shape index (κ2) is 3.82. The zero-order chi connectivity index (χ0) is 11.8. The molecule has 4 heteroatoms. The van der Waals surface area contributed by atoms with E-state index in [2.05, 4.69) is 4.98 Å². The summed E-state index contributed by atoms with van der Waals surface area (Å²) in [4.78, 5) is 4.01. The van der Waals surface area contributed by atoms with Crippen molar-refractivity contribution in [1.82, 2.24) is 4.98 Å². The fraction of sp³-hybridized carbons (Fsp3) is 0. The third kappa shape index (κ3) is 1.76. The molecule has 0 unspecified atom stereocenters. The SMILES string of the molecule is Nc1nc(-c2ccc3ccccc3c2)c(F)s1. The highest BCUT2D eigenvalue weighted by atomic mass is 32.1. The van der Waals surface area contributed by atoms with Gasteiger partial charge in [0.1, 0.15) is 5.69 Å². The van der Waals surface area contributed by atoms with Crippen molar-refractivity contribution in [2.24, 2.45) is 0 Å². The minimum atomic E-state index is -0.335. The molecule has 2 nitrogen and oxygen atoms in total. The first kappa shape index (κ1) is 10.2. The molecule has 0 aliphatic rings. The first-order valence-corrected chi connectivity index (χ1v) is 5.96. The van der Waals surface area contributed by atoms with Crippen LogP contribution in [0.1, 0.15) is 0 Å². The van der Waals surface area contributed by atoms with Crippen LogP contribution in [0.3, 0.4) is 0 Å². The van der Waals surface area contributed by atoms with Gasteiger partial charge in [0.05, 0.1) is 0 Å². The van der Waals surface area contributed by atoms with Gasteiger partial charge in [0, 0.05) is 5.56 Å². The number of hydrogen-bond acceptors (Lipinski definition) is 3. The number of nitrogen functional groups attached to an aromatic ring is 1. The molecule has 0 aliphatic heterocycles. The zero-order valence-corrected chi connectivity index (χ0v) is 9.67. The van der Waals surface area contributed by atoms with Crippen LogP contribution in [0.4, 0.5) is 9.52 Å². The van der Waals surface area contributed by atoms with Crippen LogP contribution in [0.2, 0.25) is 0 Å². The van der Waals surface area contributed by atoms with Gasteiger partial charge in [-0.15, -0.1) is 0 Å². The molecule has 0 fully saturated rings. The number of anilines is 1. The number of hydrogen-bond donors (Lipinski definition) is 1. The number of thiazole rings is 1. The Morgan fingerprint density at radius 1 is 1.06 bits per heavy atom. The van der Waals surface area contributed by atoms with Crippen molar-refractivity contribution in [2.45, 2.75) is 0 Å². The van der Waals surface area contributed by atoms with Gasteiger partial charge in [-0.1, -0.05) is 47.7 Å². The fourth-order valence-corrected chi connectivity index (χ4v) is 2.41. The summed E-state index contributed by atoms with van der Waals surface area (Å²) in [5.74, 6) is 0. The largest absolute Gasteiger partial charge is 0.375 e. The van der Waals surface area contributed by atoms with Gasteiger partial charge in [0.25, 0.3) is 0 Å². The lowest BCUT2D eigenvalue weighted by atomic mass is 10.1. The molecule has 1 heterocycles. The minimum absolute atomic E-state index is 0.255. The summed E-state index contributed by atoms with van der Waals surface area (Å²) in [6.07, 6.45) is 0. The van der Waals surface area contributed by atoms with Crippen LogP contribution >= 0.6 is 11.3 Å². The van der Waals surface area contributed by atoms with Gasteiger partial charge < -0.3 is 5.73 Å². The lowest BCUT2D eigenvalue weighted by molar-refractivity contribution is 0.657. The minimum Gasteiger partial charge on any atom is -0.375 e. The molecule has 17 heavy (non-hydrogen) atoms. The molecule has 0 spiro atoms. The Hall–Kier alpha value is -1.94. The Morgan fingerprint density at radius 3 is 2.53 bits per heavy atom. The van der Waals surface area contributed by atoms with Crippen LogP contribution in [0.15, 0.2) is 42.5 Å². The molecule has 1 aromatic heterocycles. The van der Waals surface area contributed by atoms with E-state index in [9.17, 15) is 4.39 Å². The van der Waals surface area contributed by atoms with Crippen LogP contribution in [0, 0.1) is 5.13 Å². The molecule has 0 radical (unpaired) electrons. The van der Waals surface area contributed by atoms with Crippen LogP contribution in [-0.4, -0.2) is 4.98 Å². The number of fused-ring (bicyclic) bond motifs is 1. The van der Waals surface area contributed by atoms with Gasteiger partial charge in [-0.05, 0) is 16.8 Å². The maximum absolute atomic E-state index is 13.6. The number of rotatable bonds is 1. The summed E-state index contributed by atoms with van der Waals surface area (Å²) in [7, 11) is 0. The van der Waals surface area contributed by atoms with E-state index in [4.69, 9.17) is 5.73 Å². The van der Waals surface area contributed by atoms with Crippen LogP contribution in [0.5, 0.6) is 0 Å². The lowest BCUT2D eigenvalue weighted by Gasteiger charge is -2.00. The van der Waals surface area contributed by atoms with E-state index >= 15 is 0 Å². The number of aromatic nitrogens is 1. The van der Waals surface area contributed by atoms with Crippen molar-refractivity contribution in [3.63, 3.8) is 0 Å². The molecule has 3 aromatic rings. The molecular weight excluding hydrogens is 235 g/mol. The second-order valence-electron chi connectivity index (χ2n) is 3.74. The van der Waals surface area contributed by atoms with E-state index in [0.29, 0.717) is 5.69 Å². The van der Waals surface area contributed by atoms with E-state index in [1.807, 2.05) is 42.5 Å². The Balaban J connectivity index is 2.21. The number of benzene rings is 2. The van der Waals surface area contributed by atoms with E-state index in [1.165, 1.54) is 0 Å². The lowest BCUT2D eigenvalue weighted by Crippen LogP contribution is -1.84. The Morgan fingerprint density at radius 2 is 1.82 bits per heavy atom. The molecule has 0 saturated carbocycles. The van der Waals surface area contributed by atoms with Gasteiger partial charge in [-0.25, -0.2) is 4.98 Å². The number of nitrogens with zero attached hydrogens (tertiary/aromatic N) is 1. The maximum atomic E-state index is 13.6. The van der Waals surface area contributed by atoms with Gasteiger partial charge >= 0.3 is 0 Å². The molecule has 0 bridgehead atoms. The van der Waals surface area contributed by atoms with Gasteiger partial charge in [-0.3, -0.25) is 0 Å². The van der Waals surface area contributed by atoms with Crippen LogP contribution in [-0.2, 0) is 0 Å². The van der Waals surface area contributed by atoms with E-state index in [0.717, 1.165) is 27.7 Å². The maximum Gasteiger partial charge on any atom is 0.206 e. The Kier molecular flexibility index (Phi) is 2.30. The van der Waals surface area contributed by atoms with Crippen molar-refractivity contribution in [3.05, 3.63) is 47.6 Å². The van der Waals surface area contributed by atoms with Crippen molar-refractivity contribution < 1.29 is 4.39 Å². The average Bonchev–Trinajstić information content (AvgIpc) is 2.68. The monoisotopic (exact) mass is 244 g/mol. The summed E-state index contributed by atoms with van der Waals surface area (Å²) in [6.45, 7) is 0.